The van der Waals surface area contributed by atoms with E-state index in [-0.39, 0.29) is 6.42 Å². The van der Waals surface area contributed by atoms with Gasteiger partial charge in [0.15, 0.2) is 0 Å². The molecule has 1 aromatic heterocycles. The predicted molar refractivity (Wildman–Crippen MR) is 67.1 cm³/mol. The van der Waals surface area contributed by atoms with E-state index in [1.807, 2.05) is 0 Å². The van der Waals surface area contributed by atoms with Crippen LogP contribution < -0.4 is 5.32 Å². The highest BCUT2D eigenvalue weighted by Crippen LogP contribution is 2.17. The standard InChI is InChI=1S/C12H11ClN2O3/c13-6-10-7-18-12(15-10)14-9-3-1-8(2-4-9)5-11(16)17/h1-4,7H,5-6H2,(H,14,15)(H,16,17). The lowest BCUT2D eigenvalue weighted by Gasteiger charge is -2.02. The molecule has 2 rings (SSSR count). The number of oxazole rings is 1. The molecule has 0 atom stereocenters. The lowest BCUT2D eigenvalue weighted by atomic mass is 10.1. The highest BCUT2D eigenvalue weighted by atomic mass is 35.5. The molecule has 0 spiro atoms. The largest absolute Gasteiger partial charge is 0.481 e. The third kappa shape index (κ3) is 3.24. The van der Waals surface area contributed by atoms with Gasteiger partial charge in [0.25, 0.3) is 6.01 Å². The van der Waals surface area contributed by atoms with Crippen molar-refractivity contribution >= 4 is 29.3 Å². The fourth-order valence-corrected chi connectivity index (χ4v) is 1.55. The summed E-state index contributed by atoms with van der Waals surface area (Å²) >= 11 is 5.61. The van der Waals surface area contributed by atoms with Crippen LogP contribution in [0.4, 0.5) is 11.7 Å². The number of nitrogens with one attached hydrogen (secondary N) is 1. The molecule has 0 unspecified atom stereocenters. The van der Waals surface area contributed by atoms with Crippen molar-refractivity contribution in [3.8, 4) is 0 Å². The fraction of sp³-hybridized carbons (Fsp3) is 0.167. The summed E-state index contributed by atoms with van der Waals surface area (Å²) in [5.74, 6) is -0.557. The van der Waals surface area contributed by atoms with Crippen LogP contribution in [0.15, 0.2) is 34.9 Å². The molecule has 94 valence electrons. The maximum absolute atomic E-state index is 10.5. The minimum absolute atomic E-state index is 0.00960. The Morgan fingerprint density at radius 2 is 2.11 bits per heavy atom. The Balaban J connectivity index is 2.03. The molecule has 0 aliphatic carbocycles. The number of rotatable bonds is 5. The highest BCUT2D eigenvalue weighted by Gasteiger charge is 2.04. The molecule has 2 N–H and O–H groups in total. The number of benzene rings is 1. The summed E-state index contributed by atoms with van der Waals surface area (Å²) < 4.78 is 5.15. The van der Waals surface area contributed by atoms with E-state index in [9.17, 15) is 4.79 Å². The van der Waals surface area contributed by atoms with E-state index in [2.05, 4.69) is 10.3 Å². The molecule has 0 bridgehead atoms. The Hall–Kier alpha value is -2.01. The first-order valence-electron chi connectivity index (χ1n) is 5.25. The van der Waals surface area contributed by atoms with E-state index in [0.717, 1.165) is 11.3 Å². The number of hydrogen-bond donors (Lipinski definition) is 2. The first-order chi connectivity index (χ1) is 8.67. The molecule has 0 saturated carbocycles. The first kappa shape index (κ1) is 12.4. The molecule has 1 heterocycles. The van der Waals surface area contributed by atoms with Gasteiger partial charge < -0.3 is 14.8 Å². The molecule has 1 aromatic carbocycles. The zero-order valence-corrected chi connectivity index (χ0v) is 10.1. The smallest absolute Gasteiger partial charge is 0.307 e. The Morgan fingerprint density at radius 3 is 2.67 bits per heavy atom. The summed E-state index contributed by atoms with van der Waals surface area (Å²) in [5, 5.41) is 11.6. The van der Waals surface area contributed by atoms with Crippen LogP contribution >= 0.6 is 11.6 Å². The van der Waals surface area contributed by atoms with Crippen LogP contribution in [0.25, 0.3) is 0 Å². The number of aromatic nitrogens is 1. The Labute approximate surface area is 108 Å². The summed E-state index contributed by atoms with van der Waals surface area (Å²) in [6.07, 6.45) is 1.49. The predicted octanol–water partition coefficient (Wildman–Crippen LogP) is 2.78. The number of alkyl halides is 1. The van der Waals surface area contributed by atoms with Crippen molar-refractivity contribution in [3.63, 3.8) is 0 Å². The van der Waals surface area contributed by atoms with Gasteiger partial charge in [-0.25, -0.2) is 0 Å². The zero-order valence-electron chi connectivity index (χ0n) is 9.39. The maximum Gasteiger partial charge on any atom is 0.307 e. The molecular weight excluding hydrogens is 256 g/mol. The SMILES string of the molecule is O=C(O)Cc1ccc(Nc2nc(CCl)co2)cc1. The average molecular weight is 267 g/mol. The molecule has 6 heteroatoms. The third-order valence-corrected chi connectivity index (χ3v) is 2.52. The van der Waals surface area contributed by atoms with E-state index >= 15 is 0 Å². The lowest BCUT2D eigenvalue weighted by molar-refractivity contribution is -0.136. The molecular formula is C12H11ClN2O3. The Morgan fingerprint density at radius 1 is 1.39 bits per heavy atom. The van der Waals surface area contributed by atoms with Gasteiger partial charge in [0, 0.05) is 5.69 Å². The van der Waals surface area contributed by atoms with Crippen molar-refractivity contribution in [1.29, 1.82) is 0 Å². The van der Waals surface area contributed by atoms with Gasteiger partial charge in [-0.2, -0.15) is 4.98 Å². The van der Waals surface area contributed by atoms with E-state index < -0.39 is 5.97 Å². The monoisotopic (exact) mass is 266 g/mol. The quantitative estimate of drug-likeness (QED) is 0.814. The second kappa shape index (κ2) is 5.55. The van der Waals surface area contributed by atoms with Gasteiger partial charge in [0.1, 0.15) is 6.26 Å². The van der Waals surface area contributed by atoms with Crippen LogP contribution in [0, 0.1) is 0 Å². The lowest BCUT2D eigenvalue weighted by Crippen LogP contribution is -2.00. The van der Waals surface area contributed by atoms with Gasteiger partial charge in [-0.3, -0.25) is 4.79 Å². The third-order valence-electron chi connectivity index (χ3n) is 2.25. The zero-order chi connectivity index (χ0) is 13.0. The molecule has 0 amide bonds. The van der Waals surface area contributed by atoms with Crippen LogP contribution in [0.1, 0.15) is 11.3 Å². The van der Waals surface area contributed by atoms with E-state index in [1.165, 1.54) is 6.26 Å². The van der Waals surface area contributed by atoms with Crippen LogP contribution in [-0.4, -0.2) is 16.1 Å². The van der Waals surface area contributed by atoms with Gasteiger partial charge >= 0.3 is 5.97 Å². The van der Waals surface area contributed by atoms with Crippen molar-refractivity contribution < 1.29 is 14.3 Å². The van der Waals surface area contributed by atoms with Crippen LogP contribution in [0.2, 0.25) is 0 Å². The molecule has 0 fully saturated rings. The van der Waals surface area contributed by atoms with Crippen molar-refractivity contribution in [1.82, 2.24) is 4.98 Å². The summed E-state index contributed by atoms with van der Waals surface area (Å²) in [7, 11) is 0. The topological polar surface area (TPSA) is 75.4 Å². The second-order valence-electron chi connectivity index (χ2n) is 3.67. The van der Waals surface area contributed by atoms with Crippen molar-refractivity contribution in [2.24, 2.45) is 0 Å². The molecule has 0 radical (unpaired) electrons. The van der Waals surface area contributed by atoms with Crippen LogP contribution in [0.5, 0.6) is 0 Å². The minimum Gasteiger partial charge on any atom is -0.481 e. The number of halogens is 1. The van der Waals surface area contributed by atoms with Gasteiger partial charge in [-0.15, -0.1) is 11.6 Å². The molecule has 0 aliphatic heterocycles. The summed E-state index contributed by atoms with van der Waals surface area (Å²) in [4.78, 5) is 14.6. The van der Waals surface area contributed by atoms with Gasteiger partial charge in [-0.05, 0) is 17.7 Å². The molecule has 5 nitrogen and oxygen atoms in total. The van der Waals surface area contributed by atoms with Crippen molar-refractivity contribution in [3.05, 3.63) is 41.8 Å². The van der Waals surface area contributed by atoms with Gasteiger partial charge in [0.05, 0.1) is 18.0 Å². The van der Waals surface area contributed by atoms with Crippen LogP contribution in [0.3, 0.4) is 0 Å². The fourth-order valence-electron chi connectivity index (χ4n) is 1.43. The molecule has 2 aromatic rings. The maximum atomic E-state index is 10.5. The van der Waals surface area contributed by atoms with Crippen LogP contribution in [-0.2, 0) is 17.1 Å². The normalized spacial score (nSPS) is 10.3. The Kier molecular flexibility index (Phi) is 3.84. The first-order valence-corrected chi connectivity index (χ1v) is 5.79. The number of carboxylic acids is 1. The van der Waals surface area contributed by atoms with E-state index in [1.54, 1.807) is 24.3 Å². The summed E-state index contributed by atoms with van der Waals surface area (Å²) in [5.41, 5.74) is 2.16. The molecule has 18 heavy (non-hydrogen) atoms. The number of carbonyl (C=O) groups is 1. The van der Waals surface area contributed by atoms with Gasteiger partial charge in [0.2, 0.25) is 0 Å². The number of carboxylic acid groups (broad SMARTS) is 1. The summed E-state index contributed by atoms with van der Waals surface area (Å²) in [6, 6.07) is 7.37. The van der Waals surface area contributed by atoms with Crippen molar-refractivity contribution in [2.75, 3.05) is 5.32 Å². The Bertz CT molecular complexity index is 537. The van der Waals surface area contributed by atoms with Crippen molar-refractivity contribution in [2.45, 2.75) is 12.3 Å². The summed E-state index contributed by atoms with van der Waals surface area (Å²) in [6.45, 7) is 0. The van der Waals surface area contributed by atoms with E-state index in [0.29, 0.717) is 17.6 Å². The molecule has 0 saturated heterocycles. The van der Waals surface area contributed by atoms with Gasteiger partial charge in [-0.1, -0.05) is 12.1 Å². The average Bonchev–Trinajstić information content (AvgIpc) is 2.79. The minimum atomic E-state index is -0.852. The van der Waals surface area contributed by atoms with E-state index in [4.69, 9.17) is 21.1 Å². The second-order valence-corrected chi connectivity index (χ2v) is 3.94. The highest BCUT2D eigenvalue weighted by molar-refractivity contribution is 6.16. The number of hydrogen-bond acceptors (Lipinski definition) is 4. The number of aliphatic carboxylic acids is 1. The number of anilines is 2. The number of nitrogens with zero attached hydrogens (tertiary/aromatic N) is 1. The molecule has 0 aliphatic rings.